The van der Waals surface area contributed by atoms with Crippen molar-refractivity contribution in [3.8, 4) is 0 Å². The molecule has 2 atom stereocenters. The largest absolute Gasteiger partial charge is 0.355 e. The second-order valence-corrected chi connectivity index (χ2v) is 7.97. The number of thiophene rings is 1. The summed E-state index contributed by atoms with van der Waals surface area (Å²) in [4.78, 5) is 31.1. The van der Waals surface area contributed by atoms with Gasteiger partial charge in [0.25, 0.3) is 5.91 Å². The lowest BCUT2D eigenvalue weighted by Crippen LogP contribution is -2.42. The molecule has 0 bridgehead atoms. The Hall–Kier alpha value is -1.77. The summed E-state index contributed by atoms with van der Waals surface area (Å²) in [5.41, 5.74) is 1.65. The minimum Gasteiger partial charge on any atom is -0.355 e. The molecule has 0 radical (unpaired) electrons. The number of nitrogens with one attached hydrogen (secondary N) is 2. The van der Waals surface area contributed by atoms with Crippen molar-refractivity contribution in [2.75, 3.05) is 13.1 Å². The first kappa shape index (κ1) is 18.0. The van der Waals surface area contributed by atoms with Crippen LogP contribution in [0.3, 0.4) is 0 Å². The van der Waals surface area contributed by atoms with E-state index in [4.69, 9.17) is 0 Å². The summed E-state index contributed by atoms with van der Waals surface area (Å²) in [6, 6.07) is 1.80. The number of nitrogens with zero attached hydrogens (tertiary/aromatic N) is 2. The maximum Gasteiger partial charge on any atom is 0.271 e. The first-order chi connectivity index (χ1) is 12.1. The van der Waals surface area contributed by atoms with Crippen LogP contribution in [0.4, 0.5) is 0 Å². The van der Waals surface area contributed by atoms with Crippen LogP contribution in [0.1, 0.15) is 34.4 Å². The highest BCUT2D eigenvalue weighted by Crippen LogP contribution is 2.22. The maximum atomic E-state index is 12.4. The Morgan fingerprint density at radius 2 is 2.24 bits per heavy atom. The first-order valence-corrected chi connectivity index (χ1v) is 10.1. The molecule has 1 aliphatic heterocycles. The minimum absolute atomic E-state index is 0.0268. The van der Waals surface area contributed by atoms with E-state index in [1.165, 1.54) is 16.9 Å². The molecule has 134 valence electrons. The molecule has 6 nitrogen and oxygen atoms in total. The molecule has 8 heteroatoms. The quantitative estimate of drug-likeness (QED) is 0.807. The number of likely N-dealkylation sites (tertiary alicyclic amines) is 1. The van der Waals surface area contributed by atoms with Gasteiger partial charge in [0.05, 0.1) is 11.0 Å². The van der Waals surface area contributed by atoms with Crippen molar-refractivity contribution in [2.45, 2.75) is 38.9 Å². The fourth-order valence-corrected chi connectivity index (χ4v) is 4.34. The molecule has 2 aromatic heterocycles. The highest BCUT2D eigenvalue weighted by molar-refractivity contribution is 7.09. The first-order valence-electron chi connectivity index (χ1n) is 8.32. The molecule has 3 heterocycles. The molecule has 0 unspecified atom stereocenters. The predicted octanol–water partition coefficient (Wildman–Crippen LogP) is 2.02. The van der Waals surface area contributed by atoms with E-state index in [0.29, 0.717) is 31.7 Å². The van der Waals surface area contributed by atoms with Crippen LogP contribution >= 0.6 is 22.7 Å². The third kappa shape index (κ3) is 4.45. The monoisotopic (exact) mass is 378 g/mol. The number of amides is 2. The number of hydrogen-bond acceptors (Lipinski definition) is 6. The number of aromatic nitrogens is 1. The summed E-state index contributed by atoms with van der Waals surface area (Å²) in [5.74, 6) is -0.139. The molecule has 1 aliphatic rings. The SMILES string of the molecule is CCNC(=O)[C@@H]1C[C@H](NC(=O)c2csc(C)n2)CN1Cc1ccsc1. The molecule has 0 spiro atoms. The van der Waals surface area contributed by atoms with E-state index >= 15 is 0 Å². The van der Waals surface area contributed by atoms with E-state index in [2.05, 4.69) is 32.0 Å². The van der Waals surface area contributed by atoms with Gasteiger partial charge in [-0.2, -0.15) is 11.3 Å². The van der Waals surface area contributed by atoms with E-state index in [-0.39, 0.29) is 23.9 Å². The topological polar surface area (TPSA) is 74.3 Å². The third-order valence-corrected chi connectivity index (χ3v) is 5.72. The van der Waals surface area contributed by atoms with Crippen molar-refractivity contribution in [3.63, 3.8) is 0 Å². The van der Waals surface area contributed by atoms with Gasteiger partial charge < -0.3 is 10.6 Å². The zero-order chi connectivity index (χ0) is 17.8. The highest BCUT2D eigenvalue weighted by atomic mass is 32.1. The number of hydrogen-bond donors (Lipinski definition) is 2. The van der Waals surface area contributed by atoms with Gasteiger partial charge in [0.15, 0.2) is 0 Å². The molecule has 0 saturated carbocycles. The molecule has 2 amide bonds. The third-order valence-electron chi connectivity index (χ3n) is 4.21. The Bertz CT molecular complexity index is 729. The van der Waals surface area contributed by atoms with Gasteiger partial charge in [-0.25, -0.2) is 4.98 Å². The zero-order valence-corrected chi connectivity index (χ0v) is 16.0. The summed E-state index contributed by atoms with van der Waals surface area (Å²) in [6.07, 6.45) is 0.616. The van der Waals surface area contributed by atoms with Crippen molar-refractivity contribution in [2.24, 2.45) is 0 Å². The summed E-state index contributed by atoms with van der Waals surface area (Å²) in [7, 11) is 0. The zero-order valence-electron chi connectivity index (χ0n) is 14.3. The Labute approximate surface area is 155 Å². The van der Waals surface area contributed by atoms with Crippen LogP contribution in [0.15, 0.2) is 22.2 Å². The van der Waals surface area contributed by atoms with Crippen molar-refractivity contribution < 1.29 is 9.59 Å². The molecule has 0 aromatic carbocycles. The van der Waals surface area contributed by atoms with Gasteiger partial charge in [0, 0.05) is 31.1 Å². The second kappa shape index (κ2) is 8.07. The number of rotatable bonds is 6. The molecular formula is C17H22N4O2S2. The van der Waals surface area contributed by atoms with E-state index < -0.39 is 0 Å². The van der Waals surface area contributed by atoms with Crippen molar-refractivity contribution >= 4 is 34.5 Å². The van der Waals surface area contributed by atoms with E-state index in [1.54, 1.807) is 16.7 Å². The number of carbonyl (C=O) groups excluding carboxylic acids is 2. The smallest absolute Gasteiger partial charge is 0.271 e. The summed E-state index contributed by atoms with van der Waals surface area (Å²) >= 11 is 3.11. The number of thiazole rings is 1. The average molecular weight is 379 g/mol. The van der Waals surface area contributed by atoms with Gasteiger partial charge in [0.1, 0.15) is 5.69 Å². The van der Waals surface area contributed by atoms with E-state index in [0.717, 1.165) is 5.01 Å². The normalized spacial score (nSPS) is 20.6. The Kier molecular flexibility index (Phi) is 5.82. The fraction of sp³-hybridized carbons (Fsp3) is 0.471. The van der Waals surface area contributed by atoms with Gasteiger partial charge in [-0.3, -0.25) is 14.5 Å². The predicted molar refractivity (Wildman–Crippen MR) is 99.9 cm³/mol. The van der Waals surface area contributed by atoms with Gasteiger partial charge >= 0.3 is 0 Å². The molecule has 2 N–H and O–H groups in total. The lowest BCUT2D eigenvalue weighted by molar-refractivity contribution is -0.125. The summed E-state index contributed by atoms with van der Waals surface area (Å²) < 4.78 is 0. The molecule has 1 saturated heterocycles. The van der Waals surface area contributed by atoms with Crippen LogP contribution in [0, 0.1) is 6.92 Å². The standard InChI is InChI=1S/C17H22N4O2S2/c1-3-18-17(23)15-6-13(8-21(15)7-12-4-5-24-9-12)20-16(22)14-10-25-11(2)19-14/h4-5,9-10,13,15H,3,6-8H2,1-2H3,(H,18,23)(H,20,22)/t13-,15-/m0/s1. The maximum absolute atomic E-state index is 12.4. The Morgan fingerprint density at radius 3 is 2.88 bits per heavy atom. The summed E-state index contributed by atoms with van der Waals surface area (Å²) in [6.45, 7) is 5.78. The molecule has 1 fully saturated rings. The lowest BCUT2D eigenvalue weighted by Gasteiger charge is -2.22. The van der Waals surface area contributed by atoms with Crippen LogP contribution in [-0.2, 0) is 11.3 Å². The molecule has 0 aliphatic carbocycles. The van der Waals surface area contributed by atoms with Crippen LogP contribution in [0.5, 0.6) is 0 Å². The highest BCUT2D eigenvalue weighted by Gasteiger charge is 2.37. The van der Waals surface area contributed by atoms with Crippen molar-refractivity contribution in [3.05, 3.63) is 38.5 Å². The van der Waals surface area contributed by atoms with Gasteiger partial charge in [-0.05, 0) is 42.7 Å². The van der Waals surface area contributed by atoms with Gasteiger partial charge in [-0.1, -0.05) is 0 Å². The van der Waals surface area contributed by atoms with Crippen LogP contribution in [0.25, 0.3) is 0 Å². The molecule has 3 rings (SSSR count). The second-order valence-electron chi connectivity index (χ2n) is 6.13. The molecule has 25 heavy (non-hydrogen) atoms. The Balaban J connectivity index is 1.67. The molecular weight excluding hydrogens is 356 g/mol. The van der Waals surface area contributed by atoms with Gasteiger partial charge in [-0.15, -0.1) is 11.3 Å². The van der Waals surface area contributed by atoms with E-state index in [9.17, 15) is 9.59 Å². The van der Waals surface area contributed by atoms with Crippen molar-refractivity contribution in [1.82, 2.24) is 20.5 Å². The van der Waals surface area contributed by atoms with Crippen LogP contribution in [0.2, 0.25) is 0 Å². The van der Waals surface area contributed by atoms with Crippen LogP contribution in [-0.4, -0.2) is 46.9 Å². The minimum atomic E-state index is -0.220. The lowest BCUT2D eigenvalue weighted by atomic mass is 10.1. The van der Waals surface area contributed by atoms with Crippen LogP contribution < -0.4 is 10.6 Å². The van der Waals surface area contributed by atoms with E-state index in [1.807, 2.05) is 19.2 Å². The average Bonchev–Trinajstić information content (AvgIpc) is 3.30. The number of likely N-dealkylation sites (N-methyl/N-ethyl adjacent to an activating group) is 1. The summed E-state index contributed by atoms with van der Waals surface area (Å²) in [5, 5.41) is 12.7. The number of carbonyl (C=O) groups is 2. The van der Waals surface area contributed by atoms with Crippen molar-refractivity contribution in [1.29, 1.82) is 0 Å². The fourth-order valence-electron chi connectivity index (χ4n) is 3.09. The molecule has 2 aromatic rings. The Morgan fingerprint density at radius 1 is 1.40 bits per heavy atom. The number of aryl methyl sites for hydroxylation is 1. The van der Waals surface area contributed by atoms with Gasteiger partial charge in [0.2, 0.25) is 5.91 Å².